The number of carbonyl (C=O) groups excluding carboxylic acids is 2. The summed E-state index contributed by atoms with van der Waals surface area (Å²) in [6.45, 7) is 8.51. The third-order valence-corrected chi connectivity index (χ3v) is 6.50. The van der Waals surface area contributed by atoms with E-state index in [-0.39, 0.29) is 12.8 Å². The fourth-order valence-electron chi connectivity index (χ4n) is 4.58. The van der Waals surface area contributed by atoms with Gasteiger partial charge in [0.15, 0.2) is 0 Å². The molecule has 3 aliphatic rings. The van der Waals surface area contributed by atoms with Crippen LogP contribution in [0.4, 0.5) is 0 Å². The van der Waals surface area contributed by atoms with Crippen LogP contribution in [0, 0.1) is 5.41 Å². The summed E-state index contributed by atoms with van der Waals surface area (Å²) in [6, 6.07) is -0.431. The number of hydrogen-bond donors (Lipinski definition) is 1. The third-order valence-electron chi connectivity index (χ3n) is 6.50. The summed E-state index contributed by atoms with van der Waals surface area (Å²) >= 11 is 0. The highest BCUT2D eigenvalue weighted by Crippen LogP contribution is 2.35. The van der Waals surface area contributed by atoms with Crippen LogP contribution >= 0.6 is 0 Å². The molecule has 2 N–H and O–H groups in total. The molecular formula is C23H38N4O3. The minimum atomic E-state index is -1.23. The molecule has 0 radical (unpaired) electrons. The monoisotopic (exact) mass is 419 g/mol. The van der Waals surface area contributed by atoms with Crippen LogP contribution in [0.1, 0.15) is 41.4 Å². The van der Waals surface area contributed by atoms with Crippen LogP contribution in [0.25, 0.3) is 0 Å². The lowest BCUT2D eigenvalue weighted by molar-refractivity contribution is -0.168. The van der Waals surface area contributed by atoms with Gasteiger partial charge in [-0.05, 0) is 60.1 Å². The van der Waals surface area contributed by atoms with Crippen LogP contribution in [0.15, 0.2) is 24.3 Å². The fraction of sp³-hybridized carbons (Fsp3) is 0.739. The van der Waals surface area contributed by atoms with Crippen molar-refractivity contribution in [3.63, 3.8) is 0 Å². The van der Waals surface area contributed by atoms with E-state index in [2.05, 4.69) is 16.8 Å². The Kier molecular flexibility index (Phi) is 6.60. The number of hydrogen-bond acceptors (Lipinski definition) is 6. The summed E-state index contributed by atoms with van der Waals surface area (Å²) in [5.41, 5.74) is 4.31. The number of rotatable bonds is 4. The van der Waals surface area contributed by atoms with E-state index in [4.69, 9.17) is 11.8 Å². The zero-order valence-corrected chi connectivity index (χ0v) is 18.7. The Labute approximate surface area is 182 Å². The van der Waals surface area contributed by atoms with E-state index in [0.717, 1.165) is 26.2 Å². The molecule has 2 aliphatic heterocycles. The summed E-state index contributed by atoms with van der Waals surface area (Å²) < 4.78 is 13.2. The number of likely N-dealkylation sites (tertiary alicyclic amines) is 1. The van der Waals surface area contributed by atoms with Crippen molar-refractivity contribution >= 4 is 11.9 Å². The number of nitrogens with zero attached hydrogens (tertiary/aromatic N) is 3. The second-order valence-electron chi connectivity index (χ2n) is 9.55. The molecule has 0 saturated carbocycles. The molecule has 7 heteroatoms. The Bertz CT molecular complexity index is 710. The van der Waals surface area contributed by atoms with Gasteiger partial charge in [0.05, 0.1) is 0 Å². The molecule has 1 amide bonds. The van der Waals surface area contributed by atoms with Crippen LogP contribution in [-0.4, -0.2) is 90.6 Å². The van der Waals surface area contributed by atoms with Gasteiger partial charge < -0.3 is 20.3 Å². The molecule has 0 bridgehead atoms. The minimum absolute atomic E-state index is 0.0591. The van der Waals surface area contributed by atoms with Crippen molar-refractivity contribution in [3.8, 4) is 0 Å². The Morgan fingerprint density at radius 2 is 1.83 bits per heavy atom. The van der Waals surface area contributed by atoms with Gasteiger partial charge in [-0.25, -0.2) is 0 Å². The van der Waals surface area contributed by atoms with Crippen molar-refractivity contribution in [1.29, 1.82) is 0 Å². The molecule has 168 valence electrons. The summed E-state index contributed by atoms with van der Waals surface area (Å²) in [5.74, 6) is -0.736. The SMILES string of the molecule is [2H]CC(C)(C)OC(=O)C1(C(N)C(=O)N2CCN(C3CCN(C)CC3)CC2)C=CC=CC1. The van der Waals surface area contributed by atoms with Gasteiger partial charge in [-0.1, -0.05) is 24.3 Å². The zero-order chi connectivity index (χ0) is 22.6. The zero-order valence-electron chi connectivity index (χ0n) is 19.7. The average molecular weight is 420 g/mol. The third kappa shape index (κ3) is 5.13. The maximum atomic E-state index is 13.3. The van der Waals surface area contributed by atoms with Crippen LogP contribution < -0.4 is 5.73 Å². The van der Waals surface area contributed by atoms with Gasteiger partial charge in [-0.2, -0.15) is 0 Å². The highest BCUT2D eigenvalue weighted by molar-refractivity contribution is 5.92. The van der Waals surface area contributed by atoms with E-state index in [1.807, 2.05) is 12.2 Å². The van der Waals surface area contributed by atoms with Crippen LogP contribution in [-0.2, 0) is 14.3 Å². The van der Waals surface area contributed by atoms with Crippen LogP contribution in [0.5, 0.6) is 0 Å². The molecule has 2 saturated heterocycles. The molecule has 2 unspecified atom stereocenters. The van der Waals surface area contributed by atoms with Gasteiger partial charge in [-0.15, -0.1) is 0 Å². The highest BCUT2D eigenvalue weighted by atomic mass is 16.6. The van der Waals surface area contributed by atoms with E-state index >= 15 is 0 Å². The normalized spacial score (nSPS) is 28.3. The second-order valence-corrected chi connectivity index (χ2v) is 9.55. The number of esters is 1. The minimum Gasteiger partial charge on any atom is -0.459 e. The van der Waals surface area contributed by atoms with E-state index < -0.39 is 23.0 Å². The van der Waals surface area contributed by atoms with Crippen LogP contribution in [0.3, 0.4) is 0 Å². The molecule has 0 aromatic rings. The maximum absolute atomic E-state index is 13.3. The number of allylic oxidation sites excluding steroid dienone is 3. The molecule has 2 heterocycles. The van der Waals surface area contributed by atoms with Gasteiger partial charge in [0.25, 0.3) is 0 Å². The molecule has 2 atom stereocenters. The van der Waals surface area contributed by atoms with Crippen molar-refractivity contribution in [2.75, 3.05) is 46.3 Å². The van der Waals surface area contributed by atoms with Crippen molar-refractivity contribution in [1.82, 2.24) is 14.7 Å². The van der Waals surface area contributed by atoms with Crippen molar-refractivity contribution in [2.45, 2.75) is 57.7 Å². The molecular weight excluding hydrogens is 380 g/mol. The van der Waals surface area contributed by atoms with E-state index in [1.165, 1.54) is 12.8 Å². The molecule has 0 spiro atoms. The first-order chi connectivity index (χ1) is 14.7. The molecule has 1 aliphatic carbocycles. The molecule has 0 aromatic carbocycles. The van der Waals surface area contributed by atoms with Gasteiger partial charge in [0.1, 0.15) is 17.1 Å². The summed E-state index contributed by atoms with van der Waals surface area (Å²) in [7, 11) is 2.16. The predicted molar refractivity (Wildman–Crippen MR) is 118 cm³/mol. The number of carbonyl (C=O) groups is 2. The lowest BCUT2D eigenvalue weighted by atomic mass is 9.74. The first kappa shape index (κ1) is 21.5. The lowest BCUT2D eigenvalue weighted by Crippen LogP contribution is -2.61. The van der Waals surface area contributed by atoms with E-state index in [9.17, 15) is 9.59 Å². The predicted octanol–water partition coefficient (Wildman–Crippen LogP) is 1.40. The van der Waals surface area contributed by atoms with Gasteiger partial charge in [0, 0.05) is 33.6 Å². The molecule has 2 fully saturated rings. The number of amides is 1. The molecule has 30 heavy (non-hydrogen) atoms. The molecule has 0 aromatic heterocycles. The number of ether oxygens (including phenoxy) is 1. The lowest BCUT2D eigenvalue weighted by Gasteiger charge is -2.44. The standard InChI is InChI=1S/C23H38N4O3/c1-22(2,3)30-21(29)23(10-6-5-7-11-23)19(24)20(28)27-16-14-26(15-17-27)18-8-12-25(4)13-9-18/h5-7,10,18-19H,8-9,11-17,24H2,1-4H3/i1D. The van der Waals surface area contributed by atoms with Crippen LogP contribution in [0.2, 0.25) is 0 Å². The number of piperazine rings is 1. The topological polar surface area (TPSA) is 79.1 Å². The smallest absolute Gasteiger partial charge is 0.318 e. The van der Waals surface area contributed by atoms with Gasteiger partial charge >= 0.3 is 5.97 Å². The van der Waals surface area contributed by atoms with Crippen molar-refractivity contribution in [2.24, 2.45) is 11.1 Å². The maximum Gasteiger partial charge on any atom is 0.318 e. The summed E-state index contributed by atoms with van der Waals surface area (Å²) in [5, 5.41) is 0. The van der Waals surface area contributed by atoms with Crippen molar-refractivity contribution < 1.29 is 15.7 Å². The van der Waals surface area contributed by atoms with E-state index in [1.54, 1.807) is 30.9 Å². The summed E-state index contributed by atoms with van der Waals surface area (Å²) in [4.78, 5) is 33.1. The van der Waals surface area contributed by atoms with E-state index in [0.29, 0.717) is 25.6 Å². The second kappa shape index (κ2) is 9.20. The fourth-order valence-corrected chi connectivity index (χ4v) is 4.58. The summed E-state index contributed by atoms with van der Waals surface area (Å²) in [6.07, 6.45) is 9.80. The average Bonchev–Trinajstić information content (AvgIpc) is 2.79. The first-order valence-corrected chi connectivity index (χ1v) is 11.0. The highest BCUT2D eigenvalue weighted by Gasteiger charge is 2.49. The quantitative estimate of drug-likeness (QED) is 0.694. The number of nitrogens with two attached hydrogens (primary N) is 1. The number of piperidine rings is 1. The Morgan fingerprint density at radius 3 is 2.40 bits per heavy atom. The van der Waals surface area contributed by atoms with Gasteiger partial charge in [-0.3, -0.25) is 14.5 Å². The Balaban J connectivity index is 1.65. The Morgan fingerprint density at radius 1 is 1.17 bits per heavy atom. The largest absolute Gasteiger partial charge is 0.459 e. The molecule has 7 nitrogen and oxygen atoms in total. The first-order valence-electron chi connectivity index (χ1n) is 11.7. The molecule has 3 rings (SSSR count). The van der Waals surface area contributed by atoms with Crippen molar-refractivity contribution in [3.05, 3.63) is 24.3 Å². The Hall–Kier alpha value is -1.70. The van der Waals surface area contributed by atoms with Gasteiger partial charge in [0.2, 0.25) is 5.91 Å².